The average molecular weight is 247 g/mol. The van der Waals surface area contributed by atoms with Crippen LogP contribution < -0.4 is 0 Å². The predicted octanol–water partition coefficient (Wildman–Crippen LogP) is 4.55. The number of fused-ring (bicyclic) bond motifs is 5. The van der Waals surface area contributed by atoms with Gasteiger partial charge in [0, 0.05) is 22.2 Å². The van der Waals surface area contributed by atoms with Crippen LogP contribution in [0.25, 0.3) is 22.2 Å². The molecule has 0 atom stereocenters. The summed E-state index contributed by atoms with van der Waals surface area (Å²) in [6.45, 7) is 4.40. The topological polar surface area (TPSA) is 15.8 Å². The third kappa shape index (κ3) is 1.42. The normalized spacial score (nSPS) is 13.4. The first-order chi connectivity index (χ1) is 9.25. The van der Waals surface area contributed by atoms with E-state index < -0.39 is 0 Å². The van der Waals surface area contributed by atoms with Gasteiger partial charge in [-0.25, -0.2) is 0 Å². The molecule has 1 aliphatic carbocycles. The zero-order valence-electron chi connectivity index (χ0n) is 11.4. The first-order valence-corrected chi connectivity index (χ1v) is 6.95. The lowest BCUT2D eigenvalue weighted by Gasteiger charge is -2.16. The van der Waals surface area contributed by atoms with E-state index in [1.165, 1.54) is 44.4 Å². The van der Waals surface area contributed by atoms with Crippen molar-refractivity contribution in [2.45, 2.75) is 26.7 Å². The highest BCUT2D eigenvalue weighted by Gasteiger charge is 2.20. The Labute approximate surface area is 113 Å². The van der Waals surface area contributed by atoms with Crippen molar-refractivity contribution in [1.29, 1.82) is 0 Å². The summed E-state index contributed by atoms with van der Waals surface area (Å²) in [4.78, 5) is 3.68. The summed E-state index contributed by atoms with van der Waals surface area (Å²) in [7, 11) is 0. The van der Waals surface area contributed by atoms with Gasteiger partial charge in [0.2, 0.25) is 0 Å². The molecule has 2 aromatic carbocycles. The fourth-order valence-corrected chi connectivity index (χ4v) is 3.29. The SMILES string of the molecule is Cc1ccc2c3c([nH]c2c1C)-c1ccccc1CC3. The van der Waals surface area contributed by atoms with Crippen LogP contribution >= 0.6 is 0 Å². The molecule has 1 N–H and O–H groups in total. The van der Waals surface area contributed by atoms with Crippen molar-refractivity contribution in [2.75, 3.05) is 0 Å². The summed E-state index contributed by atoms with van der Waals surface area (Å²) in [6.07, 6.45) is 2.30. The molecule has 0 bridgehead atoms. The Bertz CT molecular complexity index is 793. The highest BCUT2D eigenvalue weighted by molar-refractivity contribution is 5.94. The molecule has 1 heterocycles. The van der Waals surface area contributed by atoms with Crippen molar-refractivity contribution >= 4 is 10.9 Å². The largest absolute Gasteiger partial charge is 0.354 e. The molecule has 0 spiro atoms. The molecule has 1 heteroatoms. The van der Waals surface area contributed by atoms with E-state index in [9.17, 15) is 0 Å². The van der Waals surface area contributed by atoms with Gasteiger partial charge in [-0.1, -0.05) is 36.4 Å². The Morgan fingerprint density at radius 1 is 0.947 bits per heavy atom. The van der Waals surface area contributed by atoms with Crippen LogP contribution in [-0.4, -0.2) is 4.98 Å². The Hall–Kier alpha value is -2.02. The second-order valence-corrected chi connectivity index (χ2v) is 5.57. The maximum absolute atomic E-state index is 3.68. The molecular formula is C18H17N. The van der Waals surface area contributed by atoms with Crippen molar-refractivity contribution in [2.24, 2.45) is 0 Å². The maximum atomic E-state index is 3.68. The van der Waals surface area contributed by atoms with E-state index in [1.54, 1.807) is 0 Å². The smallest absolute Gasteiger partial charge is 0.0500 e. The lowest BCUT2D eigenvalue weighted by atomic mass is 9.89. The third-order valence-electron chi connectivity index (χ3n) is 4.54. The molecule has 0 radical (unpaired) electrons. The molecule has 19 heavy (non-hydrogen) atoms. The monoisotopic (exact) mass is 247 g/mol. The van der Waals surface area contributed by atoms with Crippen molar-refractivity contribution in [1.82, 2.24) is 4.98 Å². The van der Waals surface area contributed by atoms with Gasteiger partial charge in [-0.05, 0) is 48.9 Å². The molecule has 0 saturated heterocycles. The average Bonchev–Trinajstić information content (AvgIpc) is 2.83. The second kappa shape index (κ2) is 3.74. The number of hydrogen-bond acceptors (Lipinski definition) is 0. The van der Waals surface area contributed by atoms with E-state index in [1.807, 2.05) is 0 Å². The zero-order valence-corrected chi connectivity index (χ0v) is 11.4. The number of aryl methyl sites for hydroxylation is 4. The van der Waals surface area contributed by atoms with Gasteiger partial charge in [0.05, 0.1) is 0 Å². The van der Waals surface area contributed by atoms with Crippen LogP contribution in [0.5, 0.6) is 0 Å². The van der Waals surface area contributed by atoms with Gasteiger partial charge in [0.1, 0.15) is 0 Å². The Kier molecular flexibility index (Phi) is 2.14. The van der Waals surface area contributed by atoms with Gasteiger partial charge in [-0.3, -0.25) is 0 Å². The van der Waals surface area contributed by atoms with Crippen LogP contribution in [0.2, 0.25) is 0 Å². The Morgan fingerprint density at radius 3 is 2.68 bits per heavy atom. The molecule has 1 nitrogen and oxygen atoms in total. The number of aromatic nitrogens is 1. The van der Waals surface area contributed by atoms with Crippen LogP contribution in [0.1, 0.15) is 22.3 Å². The minimum atomic E-state index is 1.15. The molecule has 0 saturated carbocycles. The number of H-pyrrole nitrogens is 1. The van der Waals surface area contributed by atoms with Gasteiger partial charge in [0.25, 0.3) is 0 Å². The summed E-state index contributed by atoms with van der Waals surface area (Å²) < 4.78 is 0. The van der Waals surface area contributed by atoms with Gasteiger partial charge in [-0.2, -0.15) is 0 Å². The third-order valence-corrected chi connectivity index (χ3v) is 4.54. The quantitative estimate of drug-likeness (QED) is 0.600. The molecule has 0 aliphatic heterocycles. The molecule has 0 unspecified atom stereocenters. The Morgan fingerprint density at radius 2 is 1.79 bits per heavy atom. The van der Waals surface area contributed by atoms with Gasteiger partial charge in [0.15, 0.2) is 0 Å². The van der Waals surface area contributed by atoms with Gasteiger partial charge >= 0.3 is 0 Å². The number of rotatable bonds is 0. The molecule has 1 aliphatic rings. The standard InChI is InChI=1S/C18H17N/c1-11-7-9-15-16-10-8-13-5-3-4-6-14(13)18(16)19-17(15)12(11)2/h3-7,9,19H,8,10H2,1-2H3. The fourth-order valence-electron chi connectivity index (χ4n) is 3.29. The van der Waals surface area contributed by atoms with Crippen molar-refractivity contribution in [3.63, 3.8) is 0 Å². The van der Waals surface area contributed by atoms with Crippen LogP contribution in [0.4, 0.5) is 0 Å². The molecule has 0 fully saturated rings. The van der Waals surface area contributed by atoms with E-state index in [0.717, 1.165) is 12.8 Å². The maximum Gasteiger partial charge on any atom is 0.0500 e. The molecule has 4 rings (SSSR count). The fraction of sp³-hybridized carbons (Fsp3) is 0.222. The first kappa shape index (κ1) is 10.9. The first-order valence-electron chi connectivity index (χ1n) is 6.95. The minimum Gasteiger partial charge on any atom is -0.354 e. The van der Waals surface area contributed by atoms with E-state index in [-0.39, 0.29) is 0 Å². The number of benzene rings is 2. The Balaban J connectivity index is 2.10. The van der Waals surface area contributed by atoms with Gasteiger partial charge in [-0.15, -0.1) is 0 Å². The predicted molar refractivity (Wildman–Crippen MR) is 80.6 cm³/mol. The second-order valence-electron chi connectivity index (χ2n) is 5.57. The summed E-state index contributed by atoms with van der Waals surface area (Å²) in [5.74, 6) is 0. The van der Waals surface area contributed by atoms with Crippen molar-refractivity contribution in [3.05, 3.63) is 58.7 Å². The van der Waals surface area contributed by atoms with Crippen molar-refractivity contribution < 1.29 is 0 Å². The molecule has 3 aromatic rings. The highest BCUT2D eigenvalue weighted by Crippen LogP contribution is 2.38. The summed E-state index contributed by atoms with van der Waals surface area (Å²) in [5, 5.41) is 1.41. The van der Waals surface area contributed by atoms with E-state index in [2.05, 4.69) is 55.2 Å². The van der Waals surface area contributed by atoms with Crippen molar-refractivity contribution in [3.8, 4) is 11.3 Å². The van der Waals surface area contributed by atoms with Crippen LogP contribution in [0.15, 0.2) is 36.4 Å². The van der Waals surface area contributed by atoms with Gasteiger partial charge < -0.3 is 4.98 Å². The minimum absolute atomic E-state index is 1.15. The van der Waals surface area contributed by atoms with Crippen LogP contribution in [0, 0.1) is 13.8 Å². The van der Waals surface area contributed by atoms with E-state index >= 15 is 0 Å². The zero-order chi connectivity index (χ0) is 13.0. The lowest BCUT2D eigenvalue weighted by molar-refractivity contribution is 0.948. The molecule has 0 amide bonds. The van der Waals surface area contributed by atoms with Crippen LogP contribution in [-0.2, 0) is 12.8 Å². The summed E-state index contributed by atoms with van der Waals surface area (Å²) in [5.41, 5.74) is 9.75. The van der Waals surface area contributed by atoms with E-state index in [0.29, 0.717) is 0 Å². The molecule has 94 valence electrons. The highest BCUT2D eigenvalue weighted by atomic mass is 14.7. The summed E-state index contributed by atoms with van der Waals surface area (Å²) >= 11 is 0. The number of hydrogen-bond donors (Lipinski definition) is 1. The van der Waals surface area contributed by atoms with Crippen LogP contribution in [0.3, 0.4) is 0 Å². The number of aromatic amines is 1. The molecular weight excluding hydrogens is 230 g/mol. The van der Waals surface area contributed by atoms with E-state index in [4.69, 9.17) is 0 Å². The molecule has 1 aromatic heterocycles. The summed E-state index contributed by atoms with van der Waals surface area (Å²) in [6, 6.07) is 13.3. The lowest BCUT2D eigenvalue weighted by Crippen LogP contribution is -2.02. The number of nitrogens with one attached hydrogen (secondary N) is 1.